The van der Waals surface area contributed by atoms with Crippen LogP contribution in [-0.4, -0.2) is 0 Å². The molecule has 0 saturated carbocycles. The van der Waals surface area contributed by atoms with Crippen molar-refractivity contribution in [2.45, 2.75) is 73.4 Å². The van der Waals surface area contributed by atoms with Crippen LogP contribution in [0, 0.1) is 128 Å². The van der Waals surface area contributed by atoms with Gasteiger partial charge in [-0.25, -0.2) is 96.6 Å². The predicted molar refractivity (Wildman–Crippen MR) is 407 cm³/mol. The zero-order valence-electron chi connectivity index (χ0n) is 59.5. The summed E-state index contributed by atoms with van der Waals surface area (Å²) in [6, 6.07) is 68.8. The Hall–Kier alpha value is -11.5. The third-order valence-electron chi connectivity index (χ3n) is 16.0. The number of halogens is 22. The van der Waals surface area contributed by atoms with Crippen molar-refractivity contribution < 1.29 is 96.6 Å². The van der Waals surface area contributed by atoms with E-state index in [1.54, 1.807) is 60.7 Å². The van der Waals surface area contributed by atoms with Gasteiger partial charge in [-0.1, -0.05) is 72.8 Å². The van der Waals surface area contributed by atoms with E-state index < -0.39 is 182 Å². The van der Waals surface area contributed by atoms with Crippen molar-refractivity contribution in [2.75, 3.05) is 0 Å². The van der Waals surface area contributed by atoms with Crippen LogP contribution < -0.4 is 0 Å². The van der Waals surface area contributed by atoms with Crippen molar-refractivity contribution in [1.29, 1.82) is 0 Å². The van der Waals surface area contributed by atoms with Crippen LogP contribution >= 0.6 is 0 Å². The summed E-state index contributed by atoms with van der Waals surface area (Å²) in [5.74, 6) is -18.0. The van der Waals surface area contributed by atoms with Crippen molar-refractivity contribution in [3.8, 4) is 0 Å². The molecule has 0 fully saturated rings. The minimum atomic E-state index is -1.70. The van der Waals surface area contributed by atoms with Gasteiger partial charge in [-0.2, -0.15) is 0 Å². The average molecular weight is 1710 g/mol. The molecule has 15 aromatic carbocycles. The van der Waals surface area contributed by atoms with E-state index in [1.807, 2.05) is 60.7 Å². The second-order valence-corrected chi connectivity index (χ2v) is 34.2. The molecule has 0 spiro atoms. The average Bonchev–Trinajstić information content (AvgIpc) is 0.770. The fourth-order valence-electron chi connectivity index (χ4n) is 11.2. The van der Waals surface area contributed by atoms with E-state index in [0.717, 1.165) is 125 Å². The van der Waals surface area contributed by atoms with Crippen LogP contribution in [0.3, 0.4) is 0 Å². The van der Waals surface area contributed by atoms with Crippen molar-refractivity contribution in [3.05, 3.63) is 449 Å². The molecule has 27 heteroatoms. The number of hydrogen-bond acceptors (Lipinski definition) is 0. The Labute approximate surface area is 669 Å². The van der Waals surface area contributed by atoms with Crippen molar-refractivity contribution >= 4 is 54.5 Å². The van der Waals surface area contributed by atoms with Gasteiger partial charge in [0, 0.05) is 164 Å². The van der Waals surface area contributed by atoms with Crippen LogP contribution in [0.1, 0.15) is 0 Å². The molecule has 0 nitrogen and oxygen atoms in total. The highest BCUT2D eigenvalue weighted by atomic mass is 32.2. The molecule has 0 saturated heterocycles. The SMILES string of the molecule is Fc1cc(F)cc([S+](c2cc(F)cc(F)c2)c2cc(F)cc(F)c2)c1.Fc1cc(F)cc([S+](c2ccccc2)c2cc(F)cc(F)c2)c1.Fc1ccc([S+](c2ccc(F)cc2F)c2ccc(F)cc2F)c(F)c1.Fc1ccc([S+](c2ccccc2)c2ccc(F)cc2F)c(F)c1.Fc1ccc([S+](c2ccccc2)c2ccccc2)c(F)c1. The van der Waals surface area contributed by atoms with E-state index in [2.05, 4.69) is 0 Å². The molecular weight excluding hydrogens is 1660 g/mol. The lowest BCUT2D eigenvalue weighted by Crippen LogP contribution is -2.11. The lowest BCUT2D eigenvalue weighted by atomic mass is 10.3. The van der Waals surface area contributed by atoms with Crippen LogP contribution in [0.5, 0.6) is 0 Å². The molecule has 0 aliphatic heterocycles. The second kappa shape index (κ2) is 39.9. The summed E-state index contributed by atoms with van der Waals surface area (Å²) in [7, 11) is -5.95. The van der Waals surface area contributed by atoms with Gasteiger partial charge in [-0.3, -0.25) is 0 Å². The molecule has 0 radical (unpaired) electrons. The van der Waals surface area contributed by atoms with E-state index in [9.17, 15) is 96.6 Å². The first-order valence-electron chi connectivity index (χ1n) is 34.0. The lowest BCUT2D eigenvalue weighted by Gasteiger charge is -2.10. The Morgan fingerprint density at radius 1 is 0.111 bits per heavy atom. The Morgan fingerprint density at radius 2 is 0.265 bits per heavy atom. The maximum Gasteiger partial charge on any atom is 0.202 e. The largest absolute Gasteiger partial charge is 0.207 e. The van der Waals surface area contributed by atoms with E-state index in [0.29, 0.717) is 60.9 Å². The van der Waals surface area contributed by atoms with E-state index >= 15 is 0 Å². The predicted octanol–water partition coefficient (Wildman–Crippen LogP) is 27.0. The summed E-state index contributed by atoms with van der Waals surface area (Å²) in [6.07, 6.45) is 0. The Morgan fingerprint density at radius 3 is 0.453 bits per heavy atom. The molecule has 0 heterocycles. The monoisotopic (exact) mass is 1710 g/mol. The minimum Gasteiger partial charge on any atom is -0.207 e. The first kappa shape index (κ1) is 86.4. The number of hydrogen-bond donors (Lipinski definition) is 0. The highest BCUT2D eigenvalue weighted by Crippen LogP contribution is 2.41. The quantitative estimate of drug-likeness (QED) is 0.0709. The van der Waals surface area contributed by atoms with E-state index in [1.165, 1.54) is 48.5 Å². The van der Waals surface area contributed by atoms with Gasteiger partial charge >= 0.3 is 0 Å². The van der Waals surface area contributed by atoms with Gasteiger partial charge in [0.05, 0.1) is 21.8 Å². The van der Waals surface area contributed by atoms with Gasteiger partial charge in [0.1, 0.15) is 126 Å². The van der Waals surface area contributed by atoms with Gasteiger partial charge < -0.3 is 0 Å². The van der Waals surface area contributed by atoms with E-state index in [-0.39, 0.29) is 39.2 Å². The first-order valence-corrected chi connectivity index (χ1v) is 40.1. The van der Waals surface area contributed by atoms with Crippen LogP contribution in [0.15, 0.2) is 395 Å². The zero-order valence-corrected chi connectivity index (χ0v) is 63.5. The van der Waals surface area contributed by atoms with Crippen LogP contribution in [0.25, 0.3) is 0 Å². The number of rotatable bonds is 15. The fraction of sp³-hybridized carbons (Fsp3) is 0. The molecule has 592 valence electrons. The van der Waals surface area contributed by atoms with Crippen molar-refractivity contribution in [3.63, 3.8) is 0 Å². The van der Waals surface area contributed by atoms with Crippen LogP contribution in [0.4, 0.5) is 96.6 Å². The summed E-state index contributed by atoms with van der Waals surface area (Å²) in [5.41, 5.74) is 0. The molecule has 15 rings (SSSR count). The maximum atomic E-state index is 14.3. The van der Waals surface area contributed by atoms with Crippen LogP contribution in [-0.2, 0) is 54.5 Å². The van der Waals surface area contributed by atoms with Gasteiger partial charge in [-0.05, 0) is 84.9 Å². The molecule has 0 atom stereocenters. The molecule has 0 amide bonds. The summed E-state index contributed by atoms with van der Waals surface area (Å²) < 4.78 is 301. The first-order chi connectivity index (χ1) is 56.0. The summed E-state index contributed by atoms with van der Waals surface area (Å²) >= 11 is 0. The Bertz CT molecular complexity index is 5470. The standard InChI is InChI=1S/2C18H9F6S.2C18H11F4S.C18H13F2S/c19-10-1-11(20)5-16(4-10)25(17-6-12(21)2-13(22)7-17)18-8-14(23)3-15(24)9-18;19-10-1-4-16(13(22)7-10)25(17-5-2-11(20)8-14(17)23)18-6-3-12(21)9-15(18)24;19-12-6-13(20)9-17(8-12)23(16-4-2-1-3-5-16)18-10-14(21)7-15(22)11-18;19-12-6-8-17(15(21)10-12)23(14-4-2-1-3-5-14)18-9-7-13(20)11-16(18)22;19-14-11-12-18(17(20)13-14)21(15-7-3-1-4-8-15)16-9-5-2-6-10-16/h2*1-9H;2*1-11H;1-13H/q5*+1. The van der Waals surface area contributed by atoms with E-state index in [4.69, 9.17) is 0 Å². The highest BCUT2D eigenvalue weighted by Gasteiger charge is 2.40. The maximum absolute atomic E-state index is 14.3. The van der Waals surface area contributed by atoms with Gasteiger partial charge in [0.2, 0.25) is 29.4 Å². The van der Waals surface area contributed by atoms with Crippen molar-refractivity contribution in [1.82, 2.24) is 0 Å². The summed E-state index contributed by atoms with van der Waals surface area (Å²) in [4.78, 5) is 4.23. The third kappa shape index (κ3) is 23.0. The van der Waals surface area contributed by atoms with Gasteiger partial charge in [0.25, 0.3) is 0 Å². The Balaban J connectivity index is 0.000000144. The molecule has 0 aliphatic carbocycles. The smallest absolute Gasteiger partial charge is 0.202 e. The molecule has 117 heavy (non-hydrogen) atoms. The summed E-state index contributed by atoms with van der Waals surface area (Å²) in [5, 5.41) is 0. The van der Waals surface area contributed by atoms with Crippen LogP contribution in [0.2, 0.25) is 0 Å². The highest BCUT2D eigenvalue weighted by molar-refractivity contribution is 7.98. The molecule has 0 aliphatic rings. The van der Waals surface area contributed by atoms with Gasteiger partial charge in [-0.15, -0.1) is 0 Å². The van der Waals surface area contributed by atoms with Crippen molar-refractivity contribution in [2.24, 2.45) is 0 Å². The molecule has 0 unspecified atom stereocenters. The topological polar surface area (TPSA) is 0 Å². The second-order valence-electron chi connectivity index (χ2n) is 24.3. The fourth-order valence-corrected chi connectivity index (χ4v) is 21.9. The van der Waals surface area contributed by atoms with Gasteiger partial charge in [0.15, 0.2) is 79.0 Å². The summed E-state index contributed by atoms with van der Waals surface area (Å²) in [6.45, 7) is 0. The molecule has 0 bridgehead atoms. The molecular formula is C90H53F22S5+5. The lowest BCUT2D eigenvalue weighted by molar-refractivity contribution is 0.554. The zero-order chi connectivity index (χ0) is 83.7. The minimum absolute atomic E-state index is 0.00694. The Kier molecular flexibility index (Phi) is 29.5. The number of benzene rings is 15. The molecule has 15 aromatic rings. The normalized spacial score (nSPS) is 11.0. The third-order valence-corrected chi connectivity index (χ3v) is 27.1. The molecule has 0 aromatic heterocycles. The molecule has 0 N–H and O–H groups in total.